The second-order valence-electron chi connectivity index (χ2n) is 7.55. The van der Waals surface area contributed by atoms with Crippen molar-refractivity contribution < 1.29 is 22.8 Å². The fourth-order valence-electron chi connectivity index (χ4n) is 3.14. The van der Waals surface area contributed by atoms with Gasteiger partial charge in [0.1, 0.15) is 18.6 Å². The third kappa shape index (κ3) is 4.45. The summed E-state index contributed by atoms with van der Waals surface area (Å²) in [5, 5.41) is 10.8. The number of nitro groups is 1. The Morgan fingerprint density at radius 1 is 1.23 bits per heavy atom. The van der Waals surface area contributed by atoms with Gasteiger partial charge in [0.25, 0.3) is 10.0 Å². The minimum atomic E-state index is -3.72. The predicted molar refractivity (Wildman–Crippen MR) is 112 cm³/mol. The van der Waals surface area contributed by atoms with E-state index in [0.29, 0.717) is 18.0 Å². The SMILES string of the molecule is Cc1ccc(NS(=O)(=O)c2ccc(OCC3(C)Cn4cc([N+](=O)[O-])nc4O3)cc2)cc1. The molecule has 1 N–H and O–H groups in total. The first-order chi connectivity index (χ1) is 14.6. The van der Waals surface area contributed by atoms with Crippen molar-refractivity contribution >= 4 is 21.5 Å². The van der Waals surface area contributed by atoms with Gasteiger partial charge in [0.05, 0.1) is 11.4 Å². The molecule has 10 nitrogen and oxygen atoms in total. The number of nitrogens with zero attached hydrogens (tertiary/aromatic N) is 3. The Hall–Kier alpha value is -3.60. The standard InChI is InChI=1S/C20H20N4O6S/c1-14-3-5-15(6-4-14)22-31(27,28)17-9-7-16(8-10-17)29-13-20(2)12-23-11-18(24(25)26)21-19(23)30-20/h3-11,22H,12-13H2,1-2H3. The smallest absolute Gasteiger partial charge is 0.415 e. The van der Waals surface area contributed by atoms with E-state index in [9.17, 15) is 18.5 Å². The average Bonchev–Trinajstić information content (AvgIpc) is 3.24. The van der Waals surface area contributed by atoms with E-state index in [4.69, 9.17) is 9.47 Å². The molecule has 1 aliphatic rings. The third-order valence-electron chi connectivity index (χ3n) is 4.74. The summed E-state index contributed by atoms with van der Waals surface area (Å²) in [5.74, 6) is 0.198. The number of ether oxygens (including phenoxy) is 2. The topological polar surface area (TPSA) is 126 Å². The van der Waals surface area contributed by atoms with Gasteiger partial charge < -0.3 is 19.6 Å². The third-order valence-corrected chi connectivity index (χ3v) is 6.14. The summed E-state index contributed by atoms with van der Waals surface area (Å²) in [6, 6.07) is 13.3. The average molecular weight is 444 g/mol. The minimum absolute atomic E-state index is 0.108. The lowest BCUT2D eigenvalue weighted by Crippen LogP contribution is -2.38. The molecule has 0 fully saturated rings. The Labute approximate surface area is 178 Å². The molecular formula is C20H20N4O6S. The zero-order valence-corrected chi connectivity index (χ0v) is 17.6. The van der Waals surface area contributed by atoms with Gasteiger partial charge in [-0.25, -0.2) is 8.42 Å². The van der Waals surface area contributed by atoms with E-state index in [1.807, 2.05) is 19.1 Å². The number of hydrogen-bond acceptors (Lipinski definition) is 7. The first kappa shape index (κ1) is 20.7. The Kier molecular flexibility index (Phi) is 5.05. The van der Waals surface area contributed by atoms with Crippen molar-refractivity contribution in [1.82, 2.24) is 9.55 Å². The first-order valence-electron chi connectivity index (χ1n) is 9.37. The maximum atomic E-state index is 12.6. The van der Waals surface area contributed by atoms with E-state index in [0.717, 1.165) is 5.56 Å². The molecule has 4 rings (SSSR count). The summed E-state index contributed by atoms with van der Waals surface area (Å²) in [7, 11) is -3.72. The van der Waals surface area contributed by atoms with Gasteiger partial charge in [-0.1, -0.05) is 17.7 Å². The Morgan fingerprint density at radius 2 is 1.90 bits per heavy atom. The summed E-state index contributed by atoms with van der Waals surface area (Å²) in [4.78, 5) is 14.2. The number of sulfonamides is 1. The monoisotopic (exact) mass is 444 g/mol. The van der Waals surface area contributed by atoms with Gasteiger partial charge in [0.2, 0.25) is 0 Å². The molecule has 2 aromatic carbocycles. The quantitative estimate of drug-likeness (QED) is 0.438. The first-order valence-corrected chi connectivity index (χ1v) is 10.8. The Bertz CT molecular complexity index is 1200. The second-order valence-corrected chi connectivity index (χ2v) is 9.23. The summed E-state index contributed by atoms with van der Waals surface area (Å²) in [6.07, 6.45) is 1.32. The van der Waals surface area contributed by atoms with Gasteiger partial charge in [-0.15, -0.1) is 0 Å². The van der Waals surface area contributed by atoms with E-state index >= 15 is 0 Å². The number of fused-ring (bicyclic) bond motifs is 1. The summed E-state index contributed by atoms with van der Waals surface area (Å²) >= 11 is 0. The van der Waals surface area contributed by atoms with E-state index in [-0.39, 0.29) is 23.3 Å². The molecule has 1 unspecified atom stereocenters. The van der Waals surface area contributed by atoms with Gasteiger partial charge in [-0.05, 0) is 55.2 Å². The van der Waals surface area contributed by atoms with Crippen molar-refractivity contribution in [2.45, 2.75) is 30.9 Å². The molecule has 1 aliphatic heterocycles. The number of hydrogen-bond donors (Lipinski definition) is 1. The maximum absolute atomic E-state index is 12.6. The van der Waals surface area contributed by atoms with Crippen LogP contribution in [0.4, 0.5) is 11.5 Å². The number of rotatable bonds is 7. The van der Waals surface area contributed by atoms with Crippen LogP contribution in [0, 0.1) is 17.0 Å². The Morgan fingerprint density at radius 3 is 2.52 bits per heavy atom. The molecule has 0 bridgehead atoms. The lowest BCUT2D eigenvalue weighted by atomic mass is 10.1. The van der Waals surface area contributed by atoms with Crippen molar-refractivity contribution in [3.05, 3.63) is 70.4 Å². The van der Waals surface area contributed by atoms with Gasteiger partial charge >= 0.3 is 11.8 Å². The molecule has 11 heteroatoms. The van der Waals surface area contributed by atoms with Crippen molar-refractivity contribution in [1.29, 1.82) is 0 Å². The van der Waals surface area contributed by atoms with Crippen molar-refractivity contribution in [3.63, 3.8) is 0 Å². The number of nitrogens with one attached hydrogen (secondary N) is 1. The highest BCUT2D eigenvalue weighted by molar-refractivity contribution is 7.92. The molecule has 0 saturated carbocycles. The van der Waals surface area contributed by atoms with Crippen molar-refractivity contribution in [3.8, 4) is 11.8 Å². The van der Waals surface area contributed by atoms with Crippen LogP contribution < -0.4 is 14.2 Å². The minimum Gasteiger partial charge on any atom is -0.489 e. The number of benzene rings is 2. The molecule has 0 radical (unpaired) electrons. The highest BCUT2D eigenvalue weighted by atomic mass is 32.2. The molecule has 31 heavy (non-hydrogen) atoms. The molecule has 162 valence electrons. The van der Waals surface area contributed by atoms with Crippen LogP contribution in [0.3, 0.4) is 0 Å². The lowest BCUT2D eigenvalue weighted by molar-refractivity contribution is -0.389. The van der Waals surface area contributed by atoms with E-state index in [1.54, 1.807) is 35.8 Å². The molecule has 0 spiro atoms. The molecule has 0 amide bonds. The molecule has 0 saturated heterocycles. The highest BCUT2D eigenvalue weighted by Gasteiger charge is 2.41. The fourth-order valence-corrected chi connectivity index (χ4v) is 4.20. The molecule has 1 atom stereocenters. The zero-order valence-electron chi connectivity index (χ0n) is 16.8. The number of imidazole rings is 1. The Balaban J connectivity index is 1.38. The van der Waals surface area contributed by atoms with E-state index in [1.165, 1.54) is 18.3 Å². The summed E-state index contributed by atoms with van der Waals surface area (Å²) in [6.45, 7) is 4.22. The van der Waals surface area contributed by atoms with Gasteiger partial charge in [0, 0.05) is 10.7 Å². The van der Waals surface area contributed by atoms with Crippen LogP contribution in [0.2, 0.25) is 0 Å². The van der Waals surface area contributed by atoms with Crippen LogP contribution >= 0.6 is 0 Å². The summed E-state index contributed by atoms with van der Waals surface area (Å²) in [5.41, 5.74) is 0.760. The van der Waals surface area contributed by atoms with Crippen LogP contribution in [-0.2, 0) is 16.6 Å². The number of aromatic nitrogens is 2. The second kappa shape index (κ2) is 7.58. The van der Waals surface area contributed by atoms with Crippen molar-refractivity contribution in [2.24, 2.45) is 0 Å². The summed E-state index contributed by atoms with van der Waals surface area (Å²) < 4.78 is 40.7. The number of anilines is 1. The van der Waals surface area contributed by atoms with Crippen LogP contribution in [0.5, 0.6) is 11.8 Å². The zero-order chi connectivity index (χ0) is 22.2. The van der Waals surface area contributed by atoms with Crippen LogP contribution in [0.15, 0.2) is 59.6 Å². The maximum Gasteiger partial charge on any atom is 0.415 e. The van der Waals surface area contributed by atoms with Gasteiger partial charge in [-0.3, -0.25) is 9.29 Å². The fraction of sp³-hybridized carbons (Fsp3) is 0.250. The van der Waals surface area contributed by atoms with Crippen molar-refractivity contribution in [2.75, 3.05) is 11.3 Å². The van der Waals surface area contributed by atoms with Crippen LogP contribution in [0.25, 0.3) is 0 Å². The van der Waals surface area contributed by atoms with E-state index in [2.05, 4.69) is 9.71 Å². The van der Waals surface area contributed by atoms with Gasteiger partial charge in [0.15, 0.2) is 5.60 Å². The van der Waals surface area contributed by atoms with Gasteiger partial charge in [-0.2, -0.15) is 0 Å². The lowest BCUT2D eigenvalue weighted by Gasteiger charge is -2.22. The molecule has 3 aromatic rings. The van der Waals surface area contributed by atoms with Crippen LogP contribution in [-0.4, -0.2) is 35.1 Å². The van der Waals surface area contributed by atoms with E-state index < -0.39 is 20.5 Å². The highest BCUT2D eigenvalue weighted by Crippen LogP contribution is 2.31. The number of aryl methyl sites for hydroxylation is 1. The molecular weight excluding hydrogens is 424 g/mol. The van der Waals surface area contributed by atoms with Crippen LogP contribution in [0.1, 0.15) is 12.5 Å². The molecule has 1 aromatic heterocycles. The molecule has 2 heterocycles. The normalized spacial score (nSPS) is 17.6. The molecule has 0 aliphatic carbocycles. The predicted octanol–water partition coefficient (Wildman–Crippen LogP) is 3.13. The largest absolute Gasteiger partial charge is 0.489 e.